The standard InChI is InChI=1S/C20H30N2O4/c1-3-4-13-26-20(24)21-12-8-9-17(14-21)15-22(19(23)16-25-2)18-10-6-5-7-11-18/h5-7,10-11,17H,3-4,8-9,12-16H2,1-2H3. The lowest BCUT2D eigenvalue weighted by Crippen LogP contribution is -2.46. The van der Waals surface area contributed by atoms with Crippen molar-refractivity contribution in [1.82, 2.24) is 4.90 Å². The maximum atomic E-state index is 12.5. The van der Waals surface area contributed by atoms with Crippen LogP contribution in [-0.4, -0.2) is 56.9 Å². The van der Waals surface area contributed by atoms with Crippen LogP contribution in [0.25, 0.3) is 0 Å². The number of unbranched alkanes of at least 4 members (excludes halogenated alkanes) is 1. The van der Waals surface area contributed by atoms with Crippen molar-refractivity contribution in [3.05, 3.63) is 30.3 Å². The van der Waals surface area contributed by atoms with Crippen molar-refractivity contribution < 1.29 is 19.1 Å². The van der Waals surface area contributed by atoms with Gasteiger partial charge in [-0.15, -0.1) is 0 Å². The number of nitrogens with zero attached hydrogens (tertiary/aromatic N) is 2. The highest BCUT2D eigenvalue weighted by Gasteiger charge is 2.28. The van der Waals surface area contributed by atoms with Crippen molar-refractivity contribution in [1.29, 1.82) is 0 Å². The molecule has 0 radical (unpaired) electrons. The largest absolute Gasteiger partial charge is 0.449 e. The SMILES string of the molecule is CCCCOC(=O)N1CCCC(CN(C(=O)COC)c2ccccc2)C1. The van der Waals surface area contributed by atoms with Crippen molar-refractivity contribution in [2.24, 2.45) is 5.92 Å². The molecule has 0 bridgehead atoms. The van der Waals surface area contributed by atoms with Gasteiger partial charge in [-0.1, -0.05) is 31.5 Å². The van der Waals surface area contributed by atoms with Gasteiger partial charge in [0.05, 0.1) is 6.61 Å². The fourth-order valence-corrected chi connectivity index (χ4v) is 3.19. The number of likely N-dealkylation sites (tertiary alicyclic amines) is 1. The second-order valence-electron chi connectivity index (χ2n) is 6.70. The van der Waals surface area contributed by atoms with E-state index in [2.05, 4.69) is 6.92 Å². The number of hydrogen-bond acceptors (Lipinski definition) is 4. The van der Waals surface area contributed by atoms with E-state index in [1.807, 2.05) is 30.3 Å². The van der Waals surface area contributed by atoms with E-state index >= 15 is 0 Å². The van der Waals surface area contributed by atoms with Crippen LogP contribution in [0.4, 0.5) is 10.5 Å². The molecular formula is C20H30N2O4. The summed E-state index contributed by atoms with van der Waals surface area (Å²) in [5, 5.41) is 0. The third-order valence-electron chi connectivity index (χ3n) is 4.58. The topological polar surface area (TPSA) is 59.1 Å². The molecule has 1 fully saturated rings. The number of ether oxygens (including phenoxy) is 2. The van der Waals surface area contributed by atoms with Gasteiger partial charge in [-0.3, -0.25) is 4.79 Å². The zero-order chi connectivity index (χ0) is 18.8. The lowest BCUT2D eigenvalue weighted by Gasteiger charge is -2.35. The summed E-state index contributed by atoms with van der Waals surface area (Å²) in [6.45, 7) is 4.50. The van der Waals surface area contributed by atoms with Gasteiger partial charge in [0.25, 0.3) is 5.91 Å². The van der Waals surface area contributed by atoms with Crippen molar-refractivity contribution >= 4 is 17.7 Å². The molecule has 1 unspecified atom stereocenters. The molecule has 6 nitrogen and oxygen atoms in total. The number of anilines is 1. The van der Waals surface area contributed by atoms with Gasteiger partial charge >= 0.3 is 6.09 Å². The van der Waals surface area contributed by atoms with Crippen LogP contribution in [0.15, 0.2) is 30.3 Å². The van der Waals surface area contributed by atoms with Crippen LogP contribution in [0.3, 0.4) is 0 Å². The van der Waals surface area contributed by atoms with Crippen LogP contribution < -0.4 is 4.90 Å². The Balaban J connectivity index is 1.98. The van der Waals surface area contributed by atoms with Gasteiger partial charge in [0, 0.05) is 32.4 Å². The molecule has 1 atom stereocenters. The predicted molar refractivity (Wildman–Crippen MR) is 101 cm³/mol. The van der Waals surface area contributed by atoms with Gasteiger partial charge in [-0.25, -0.2) is 4.79 Å². The first-order chi connectivity index (χ1) is 12.7. The molecule has 0 N–H and O–H groups in total. The van der Waals surface area contributed by atoms with Crippen molar-refractivity contribution in [2.45, 2.75) is 32.6 Å². The molecule has 26 heavy (non-hydrogen) atoms. The summed E-state index contributed by atoms with van der Waals surface area (Å²) in [5.41, 5.74) is 0.859. The fraction of sp³-hybridized carbons (Fsp3) is 0.600. The Morgan fingerprint density at radius 3 is 2.73 bits per heavy atom. The van der Waals surface area contributed by atoms with E-state index in [0.717, 1.165) is 37.9 Å². The molecule has 0 saturated carbocycles. The molecule has 1 aliphatic rings. The number of methoxy groups -OCH3 is 1. The minimum atomic E-state index is -0.238. The minimum Gasteiger partial charge on any atom is -0.449 e. The molecule has 2 rings (SSSR count). The number of piperidine rings is 1. The lowest BCUT2D eigenvalue weighted by atomic mass is 9.97. The van der Waals surface area contributed by atoms with Gasteiger partial charge in [-0.2, -0.15) is 0 Å². The molecular weight excluding hydrogens is 332 g/mol. The summed E-state index contributed by atoms with van der Waals surface area (Å²) in [6, 6.07) is 9.61. The van der Waals surface area contributed by atoms with Crippen molar-refractivity contribution in [2.75, 3.05) is 44.9 Å². The average molecular weight is 362 g/mol. The Hall–Kier alpha value is -2.08. The maximum absolute atomic E-state index is 12.5. The predicted octanol–water partition coefficient (Wildman–Crippen LogP) is 3.31. The summed E-state index contributed by atoms with van der Waals surface area (Å²) >= 11 is 0. The summed E-state index contributed by atoms with van der Waals surface area (Å²) in [7, 11) is 1.52. The first-order valence-corrected chi connectivity index (χ1v) is 9.41. The Morgan fingerprint density at radius 1 is 1.27 bits per heavy atom. The molecule has 0 spiro atoms. The number of rotatable bonds is 8. The van der Waals surface area contributed by atoms with E-state index in [1.165, 1.54) is 7.11 Å². The summed E-state index contributed by atoms with van der Waals surface area (Å²) in [5.74, 6) is 0.157. The number of carbonyl (C=O) groups excluding carboxylic acids is 2. The van der Waals surface area contributed by atoms with Crippen LogP contribution >= 0.6 is 0 Å². The monoisotopic (exact) mass is 362 g/mol. The van der Waals surface area contributed by atoms with Crippen LogP contribution in [0.1, 0.15) is 32.6 Å². The molecule has 0 aromatic heterocycles. The molecule has 1 aliphatic heterocycles. The van der Waals surface area contributed by atoms with Crippen LogP contribution in [0.5, 0.6) is 0 Å². The highest BCUT2D eigenvalue weighted by Crippen LogP contribution is 2.22. The highest BCUT2D eigenvalue weighted by molar-refractivity contribution is 5.94. The van der Waals surface area contributed by atoms with Gasteiger partial charge < -0.3 is 19.3 Å². The third kappa shape index (κ3) is 6.02. The molecule has 0 aliphatic carbocycles. The first-order valence-electron chi connectivity index (χ1n) is 9.41. The Bertz CT molecular complexity index is 564. The molecule has 2 amide bonds. The van der Waals surface area contributed by atoms with Crippen LogP contribution in [0, 0.1) is 5.92 Å². The molecule has 6 heteroatoms. The van der Waals surface area contributed by atoms with Gasteiger partial charge in [-0.05, 0) is 37.3 Å². The second-order valence-corrected chi connectivity index (χ2v) is 6.70. The second kappa shape index (κ2) is 10.8. The van der Waals surface area contributed by atoms with Crippen molar-refractivity contribution in [3.63, 3.8) is 0 Å². The Morgan fingerprint density at radius 2 is 2.04 bits per heavy atom. The number of amides is 2. The fourth-order valence-electron chi connectivity index (χ4n) is 3.19. The zero-order valence-corrected chi connectivity index (χ0v) is 15.9. The zero-order valence-electron chi connectivity index (χ0n) is 15.9. The molecule has 1 aromatic carbocycles. The van der Waals surface area contributed by atoms with E-state index in [1.54, 1.807) is 9.80 Å². The summed E-state index contributed by atoms with van der Waals surface area (Å²) < 4.78 is 10.4. The highest BCUT2D eigenvalue weighted by atomic mass is 16.6. The summed E-state index contributed by atoms with van der Waals surface area (Å²) in [4.78, 5) is 28.3. The maximum Gasteiger partial charge on any atom is 0.409 e. The van der Waals surface area contributed by atoms with Crippen molar-refractivity contribution in [3.8, 4) is 0 Å². The van der Waals surface area contributed by atoms with E-state index in [4.69, 9.17) is 9.47 Å². The van der Waals surface area contributed by atoms with E-state index in [-0.39, 0.29) is 24.5 Å². The normalized spacial score (nSPS) is 17.0. The molecule has 1 aromatic rings. The quantitative estimate of drug-likeness (QED) is 0.666. The number of benzene rings is 1. The molecule has 1 heterocycles. The summed E-state index contributed by atoms with van der Waals surface area (Å²) in [6.07, 6.45) is 3.56. The van der Waals surface area contributed by atoms with Gasteiger partial charge in [0.1, 0.15) is 6.61 Å². The van der Waals surface area contributed by atoms with E-state index < -0.39 is 0 Å². The van der Waals surface area contributed by atoms with Gasteiger partial charge in [0.15, 0.2) is 0 Å². The van der Waals surface area contributed by atoms with Gasteiger partial charge in [0.2, 0.25) is 0 Å². The Kier molecular flexibility index (Phi) is 8.41. The minimum absolute atomic E-state index is 0.0460. The lowest BCUT2D eigenvalue weighted by molar-refractivity contribution is -0.122. The smallest absolute Gasteiger partial charge is 0.409 e. The third-order valence-corrected chi connectivity index (χ3v) is 4.58. The number of para-hydroxylation sites is 1. The number of carbonyl (C=O) groups is 2. The average Bonchev–Trinajstić information content (AvgIpc) is 2.67. The van der Waals surface area contributed by atoms with Crippen LogP contribution in [0.2, 0.25) is 0 Å². The first kappa shape index (κ1) is 20.2. The molecule has 144 valence electrons. The van der Waals surface area contributed by atoms with E-state index in [9.17, 15) is 9.59 Å². The Labute approximate surface area is 156 Å². The number of hydrogen-bond donors (Lipinski definition) is 0. The van der Waals surface area contributed by atoms with E-state index in [0.29, 0.717) is 19.7 Å². The van der Waals surface area contributed by atoms with Crippen LogP contribution in [-0.2, 0) is 14.3 Å². The molecule has 1 saturated heterocycles.